The first kappa shape index (κ1) is 28.2. The Morgan fingerprint density at radius 2 is 1.65 bits per heavy atom. The van der Waals surface area contributed by atoms with Crippen molar-refractivity contribution in [2.24, 2.45) is 5.92 Å². The van der Waals surface area contributed by atoms with Crippen molar-refractivity contribution in [3.8, 4) is 11.8 Å². The number of nitrogens with one attached hydrogen (secondary N) is 1. The van der Waals surface area contributed by atoms with Crippen LogP contribution in [0.2, 0.25) is 5.02 Å². The maximum Gasteiger partial charge on any atom is 0.328 e. The van der Waals surface area contributed by atoms with Crippen molar-refractivity contribution in [1.29, 1.82) is 0 Å². The fraction of sp³-hybridized carbons (Fsp3) is 0.452. The summed E-state index contributed by atoms with van der Waals surface area (Å²) in [4.78, 5) is 45.3. The summed E-state index contributed by atoms with van der Waals surface area (Å²) in [7, 11) is 0. The zero-order valence-corrected chi connectivity index (χ0v) is 23.5. The van der Waals surface area contributed by atoms with Gasteiger partial charge in [0, 0.05) is 83.2 Å². The van der Waals surface area contributed by atoms with Crippen molar-refractivity contribution < 1.29 is 14.4 Å². The van der Waals surface area contributed by atoms with Crippen molar-refractivity contribution in [1.82, 2.24) is 20.0 Å². The number of carbonyl (C=O) groups excluding carboxylic acids is 3. The maximum absolute atomic E-state index is 13.2. The number of imide groups is 1. The van der Waals surface area contributed by atoms with Crippen molar-refractivity contribution in [3.63, 3.8) is 0 Å². The third-order valence-corrected chi connectivity index (χ3v) is 8.21. The minimum absolute atomic E-state index is 0.0794. The average Bonchev–Trinajstić information content (AvgIpc) is 2.97. The monoisotopic (exact) mass is 561 g/mol. The van der Waals surface area contributed by atoms with Gasteiger partial charge in [0.1, 0.15) is 0 Å². The number of piperidine rings is 1. The molecule has 0 spiro atoms. The maximum atomic E-state index is 13.2. The van der Waals surface area contributed by atoms with E-state index in [0.717, 1.165) is 58.5 Å². The van der Waals surface area contributed by atoms with Crippen LogP contribution in [-0.2, 0) is 11.3 Å². The third-order valence-electron chi connectivity index (χ3n) is 7.89. The highest BCUT2D eigenvalue weighted by molar-refractivity contribution is 6.34. The molecule has 40 heavy (non-hydrogen) atoms. The molecule has 0 saturated carbocycles. The molecule has 2 aromatic rings. The number of amides is 4. The Labute approximate surface area is 241 Å². The summed E-state index contributed by atoms with van der Waals surface area (Å²) in [6.07, 6.45) is 2.78. The number of urea groups is 1. The normalized spacial score (nSPS) is 19.2. The SMILES string of the molecule is O=C1CCN(c2cc(C(=O)N3CCC(C#CCCN4CCN(Cc5ccccc5)CC4)CC3)ccc2Cl)C(=O)N1. The fourth-order valence-electron chi connectivity index (χ4n) is 5.50. The lowest BCUT2D eigenvalue weighted by Crippen LogP contribution is -2.49. The number of likely N-dealkylation sites (tertiary alicyclic amines) is 1. The van der Waals surface area contributed by atoms with E-state index >= 15 is 0 Å². The topological polar surface area (TPSA) is 76.2 Å². The van der Waals surface area contributed by atoms with Crippen LogP contribution in [0.3, 0.4) is 0 Å². The summed E-state index contributed by atoms with van der Waals surface area (Å²) in [6, 6.07) is 15.1. The summed E-state index contributed by atoms with van der Waals surface area (Å²) in [5, 5.41) is 2.66. The van der Waals surface area contributed by atoms with E-state index in [1.54, 1.807) is 18.2 Å². The molecule has 0 radical (unpaired) electrons. The van der Waals surface area contributed by atoms with Gasteiger partial charge in [-0.2, -0.15) is 0 Å². The molecule has 3 fully saturated rings. The van der Waals surface area contributed by atoms with E-state index in [9.17, 15) is 14.4 Å². The van der Waals surface area contributed by atoms with Crippen LogP contribution in [0, 0.1) is 17.8 Å². The van der Waals surface area contributed by atoms with Crippen LogP contribution >= 0.6 is 11.6 Å². The minimum Gasteiger partial charge on any atom is -0.339 e. The first-order valence-corrected chi connectivity index (χ1v) is 14.5. The van der Waals surface area contributed by atoms with Gasteiger partial charge in [-0.25, -0.2) is 4.79 Å². The van der Waals surface area contributed by atoms with Gasteiger partial charge in [0.2, 0.25) is 5.91 Å². The van der Waals surface area contributed by atoms with Crippen molar-refractivity contribution in [2.45, 2.75) is 32.2 Å². The molecule has 0 unspecified atom stereocenters. The van der Waals surface area contributed by atoms with Crippen LogP contribution in [0.15, 0.2) is 48.5 Å². The molecule has 9 heteroatoms. The van der Waals surface area contributed by atoms with Gasteiger partial charge in [0.25, 0.3) is 5.91 Å². The van der Waals surface area contributed by atoms with Gasteiger partial charge in [0.05, 0.1) is 10.7 Å². The quantitative estimate of drug-likeness (QED) is 0.542. The zero-order chi connectivity index (χ0) is 27.9. The number of anilines is 1. The number of hydrogen-bond donors (Lipinski definition) is 1. The van der Waals surface area contributed by atoms with E-state index in [4.69, 9.17) is 11.6 Å². The van der Waals surface area contributed by atoms with Gasteiger partial charge >= 0.3 is 6.03 Å². The molecule has 5 rings (SSSR count). The Hall–Kier alpha value is -3.38. The Morgan fingerprint density at radius 1 is 0.925 bits per heavy atom. The summed E-state index contributed by atoms with van der Waals surface area (Å²) in [6.45, 7) is 7.92. The second-order valence-electron chi connectivity index (χ2n) is 10.7. The Balaban J connectivity index is 1.04. The zero-order valence-electron chi connectivity index (χ0n) is 22.8. The van der Waals surface area contributed by atoms with E-state index in [0.29, 0.717) is 35.3 Å². The van der Waals surface area contributed by atoms with Crippen LogP contribution in [0.25, 0.3) is 0 Å². The first-order chi connectivity index (χ1) is 19.5. The molecule has 1 N–H and O–H groups in total. The molecule has 3 heterocycles. The second-order valence-corrected chi connectivity index (χ2v) is 11.1. The number of carbonyl (C=O) groups is 3. The van der Waals surface area contributed by atoms with Gasteiger partial charge in [-0.3, -0.25) is 29.6 Å². The summed E-state index contributed by atoms with van der Waals surface area (Å²) >= 11 is 6.34. The molecule has 210 valence electrons. The van der Waals surface area contributed by atoms with Crippen LogP contribution in [0.4, 0.5) is 10.5 Å². The molecule has 0 aromatic heterocycles. The summed E-state index contributed by atoms with van der Waals surface area (Å²) in [5.41, 5.74) is 2.30. The number of rotatable bonds is 6. The molecule has 3 saturated heterocycles. The van der Waals surface area contributed by atoms with Gasteiger partial charge in [-0.05, 0) is 36.6 Å². The molecular formula is C31H36ClN5O3. The summed E-state index contributed by atoms with van der Waals surface area (Å²) < 4.78 is 0. The third kappa shape index (κ3) is 7.22. The Morgan fingerprint density at radius 3 is 2.38 bits per heavy atom. The molecule has 0 bridgehead atoms. The van der Waals surface area contributed by atoms with Crippen LogP contribution in [-0.4, -0.2) is 84.9 Å². The summed E-state index contributed by atoms with van der Waals surface area (Å²) in [5.74, 6) is 6.76. The van der Waals surface area contributed by atoms with Gasteiger partial charge < -0.3 is 4.90 Å². The highest BCUT2D eigenvalue weighted by atomic mass is 35.5. The highest BCUT2D eigenvalue weighted by Crippen LogP contribution is 2.29. The lowest BCUT2D eigenvalue weighted by Gasteiger charge is -2.34. The average molecular weight is 562 g/mol. The first-order valence-electron chi connectivity index (χ1n) is 14.1. The second kappa shape index (κ2) is 13.3. The lowest BCUT2D eigenvalue weighted by atomic mass is 9.96. The lowest BCUT2D eigenvalue weighted by molar-refractivity contribution is -0.120. The molecular weight excluding hydrogens is 526 g/mol. The largest absolute Gasteiger partial charge is 0.339 e. The van der Waals surface area contributed by atoms with E-state index in [-0.39, 0.29) is 24.8 Å². The standard InChI is InChI=1S/C31H36ClN5O3/c32-27-10-9-26(22-28(27)37-17-13-29(38)33-31(37)40)30(39)36-15-11-24(12-16-36)6-4-5-14-34-18-20-35(21-19-34)23-25-7-2-1-3-8-25/h1-3,7-10,22,24H,5,11-21,23H2,(H,33,38,40). The van der Waals surface area contributed by atoms with Gasteiger partial charge in [-0.1, -0.05) is 47.9 Å². The Kier molecular flexibility index (Phi) is 9.38. The van der Waals surface area contributed by atoms with Crippen molar-refractivity contribution >= 4 is 35.1 Å². The predicted octanol–water partition coefficient (Wildman–Crippen LogP) is 3.85. The van der Waals surface area contributed by atoms with Crippen LogP contribution in [0.1, 0.15) is 41.6 Å². The molecule has 0 atom stereocenters. The van der Waals surface area contributed by atoms with Gasteiger partial charge in [0.15, 0.2) is 0 Å². The fourth-order valence-corrected chi connectivity index (χ4v) is 5.72. The number of hydrogen-bond acceptors (Lipinski definition) is 5. The Bertz CT molecular complexity index is 1270. The van der Waals surface area contributed by atoms with Crippen LogP contribution < -0.4 is 10.2 Å². The number of benzene rings is 2. The molecule has 0 aliphatic carbocycles. The van der Waals surface area contributed by atoms with E-state index < -0.39 is 6.03 Å². The molecule has 2 aromatic carbocycles. The van der Waals surface area contributed by atoms with Crippen molar-refractivity contribution in [2.75, 3.05) is 57.3 Å². The van der Waals surface area contributed by atoms with Crippen LogP contribution in [0.5, 0.6) is 0 Å². The van der Waals surface area contributed by atoms with E-state index in [1.165, 1.54) is 10.5 Å². The molecule has 8 nitrogen and oxygen atoms in total. The van der Waals surface area contributed by atoms with E-state index in [1.807, 2.05) is 4.90 Å². The molecule has 4 amide bonds. The molecule has 3 aliphatic heterocycles. The van der Waals surface area contributed by atoms with Gasteiger partial charge in [-0.15, -0.1) is 5.92 Å². The number of halogens is 1. The van der Waals surface area contributed by atoms with E-state index in [2.05, 4.69) is 57.3 Å². The number of piperazine rings is 1. The smallest absolute Gasteiger partial charge is 0.328 e. The number of nitrogens with zero attached hydrogens (tertiary/aromatic N) is 4. The van der Waals surface area contributed by atoms with Crippen molar-refractivity contribution in [3.05, 3.63) is 64.7 Å². The predicted molar refractivity (Wildman–Crippen MR) is 156 cm³/mol. The minimum atomic E-state index is -0.521. The molecule has 3 aliphatic rings. The highest BCUT2D eigenvalue weighted by Gasteiger charge is 2.28.